The van der Waals surface area contributed by atoms with Gasteiger partial charge in [0.15, 0.2) is 0 Å². The lowest BCUT2D eigenvalue weighted by Crippen LogP contribution is -2.42. The molecule has 1 saturated heterocycles. The number of carbonyl (C=O) groups excluding carboxylic acids is 1. The number of anilines is 1. The van der Waals surface area contributed by atoms with E-state index in [2.05, 4.69) is 29.1 Å². The Balaban J connectivity index is 1.53. The molecule has 4 rings (SSSR count). The Morgan fingerprint density at radius 3 is 2.48 bits per heavy atom. The molecular formula is C20H22N4O3S2. The third kappa shape index (κ3) is 4.03. The molecule has 9 heteroatoms. The maximum Gasteiger partial charge on any atom is 0.256 e. The van der Waals surface area contributed by atoms with Gasteiger partial charge < -0.3 is 5.32 Å². The second kappa shape index (κ2) is 7.81. The van der Waals surface area contributed by atoms with E-state index >= 15 is 0 Å². The van der Waals surface area contributed by atoms with E-state index in [1.807, 2.05) is 11.4 Å². The largest absolute Gasteiger partial charge is 0.306 e. The molecule has 0 aliphatic carbocycles. The third-order valence-corrected chi connectivity index (χ3v) is 7.75. The van der Waals surface area contributed by atoms with Crippen molar-refractivity contribution >= 4 is 43.3 Å². The van der Waals surface area contributed by atoms with Gasteiger partial charge in [0.2, 0.25) is 10.0 Å². The minimum Gasteiger partial charge on any atom is -0.306 e. The van der Waals surface area contributed by atoms with Crippen LogP contribution < -0.4 is 5.32 Å². The average molecular weight is 431 g/mol. The Labute approximate surface area is 173 Å². The zero-order valence-electron chi connectivity index (χ0n) is 16.2. The monoisotopic (exact) mass is 430 g/mol. The van der Waals surface area contributed by atoms with Crippen LogP contribution in [-0.4, -0.2) is 41.7 Å². The molecule has 1 amide bonds. The molecule has 3 aromatic rings. The quantitative estimate of drug-likeness (QED) is 0.683. The number of hydrogen-bond acceptors (Lipinski definition) is 6. The second-order valence-electron chi connectivity index (χ2n) is 7.61. The van der Waals surface area contributed by atoms with Crippen molar-refractivity contribution in [2.24, 2.45) is 11.8 Å². The molecule has 1 fully saturated rings. The number of amides is 1. The summed E-state index contributed by atoms with van der Waals surface area (Å²) in [7, 11) is -3.57. The molecule has 2 aromatic heterocycles. The van der Waals surface area contributed by atoms with Crippen molar-refractivity contribution in [3.8, 4) is 0 Å². The first-order valence-electron chi connectivity index (χ1n) is 9.44. The summed E-state index contributed by atoms with van der Waals surface area (Å²) >= 11 is 1.47. The van der Waals surface area contributed by atoms with Crippen LogP contribution in [0.3, 0.4) is 0 Å². The first-order chi connectivity index (χ1) is 13.8. The standard InChI is InChI=1S/C20H22N4O3S2/c1-13-9-14(2)11-24(10-13)29(26,27)16-5-3-15(4-6-16)19(25)23-18-17-7-8-28-20(17)22-12-21-18/h3-8,12-14H,9-11H2,1-2H3,(H,21,22,23,25)/t13-,14-/m1/s1. The van der Waals surface area contributed by atoms with Gasteiger partial charge in [0, 0.05) is 18.7 Å². The third-order valence-electron chi connectivity index (χ3n) is 5.08. The van der Waals surface area contributed by atoms with Crippen LogP contribution in [0.4, 0.5) is 5.82 Å². The van der Waals surface area contributed by atoms with E-state index in [4.69, 9.17) is 0 Å². The topological polar surface area (TPSA) is 92.3 Å². The number of nitrogens with zero attached hydrogens (tertiary/aromatic N) is 3. The van der Waals surface area contributed by atoms with Gasteiger partial charge >= 0.3 is 0 Å². The Bertz CT molecular complexity index is 1130. The molecule has 1 N–H and O–H groups in total. The molecule has 29 heavy (non-hydrogen) atoms. The first-order valence-corrected chi connectivity index (χ1v) is 11.8. The van der Waals surface area contributed by atoms with Crippen LogP contribution >= 0.6 is 11.3 Å². The fourth-order valence-corrected chi connectivity index (χ4v) is 6.21. The molecule has 152 valence electrons. The lowest BCUT2D eigenvalue weighted by atomic mass is 9.94. The number of sulfonamides is 1. The Morgan fingerprint density at radius 2 is 1.79 bits per heavy atom. The Morgan fingerprint density at radius 1 is 1.10 bits per heavy atom. The van der Waals surface area contributed by atoms with Crippen LogP contribution in [0.1, 0.15) is 30.6 Å². The van der Waals surface area contributed by atoms with Gasteiger partial charge in [-0.3, -0.25) is 4.79 Å². The number of carbonyl (C=O) groups is 1. The second-order valence-corrected chi connectivity index (χ2v) is 10.4. The molecule has 2 atom stereocenters. The normalized spacial score (nSPS) is 20.6. The Hall–Kier alpha value is -2.36. The minimum absolute atomic E-state index is 0.206. The molecule has 0 bridgehead atoms. The van der Waals surface area contributed by atoms with E-state index in [0.29, 0.717) is 36.3 Å². The highest BCUT2D eigenvalue weighted by atomic mass is 32.2. The van der Waals surface area contributed by atoms with Crippen molar-refractivity contribution in [3.63, 3.8) is 0 Å². The SMILES string of the molecule is C[C@@H]1C[C@@H](C)CN(S(=O)(=O)c2ccc(C(=O)Nc3ncnc4sccc34)cc2)C1. The molecule has 0 radical (unpaired) electrons. The summed E-state index contributed by atoms with van der Waals surface area (Å²) in [6, 6.07) is 7.91. The molecule has 0 saturated carbocycles. The van der Waals surface area contributed by atoms with Crippen LogP contribution in [0.15, 0.2) is 46.9 Å². The van der Waals surface area contributed by atoms with Gasteiger partial charge in [-0.05, 0) is 54.0 Å². The van der Waals surface area contributed by atoms with Crippen molar-refractivity contribution in [2.75, 3.05) is 18.4 Å². The van der Waals surface area contributed by atoms with Crippen molar-refractivity contribution in [1.29, 1.82) is 0 Å². The number of fused-ring (bicyclic) bond motifs is 1. The highest BCUT2D eigenvalue weighted by Gasteiger charge is 2.31. The van der Waals surface area contributed by atoms with Crippen LogP contribution in [-0.2, 0) is 10.0 Å². The van der Waals surface area contributed by atoms with Gasteiger partial charge in [-0.2, -0.15) is 4.31 Å². The van der Waals surface area contributed by atoms with Crippen molar-refractivity contribution in [2.45, 2.75) is 25.2 Å². The smallest absolute Gasteiger partial charge is 0.256 e. The molecular weight excluding hydrogens is 408 g/mol. The number of hydrogen-bond donors (Lipinski definition) is 1. The summed E-state index contributed by atoms with van der Waals surface area (Å²) in [6.45, 7) is 5.20. The fourth-order valence-electron chi connectivity index (χ4n) is 3.80. The number of nitrogens with one attached hydrogen (secondary N) is 1. The predicted molar refractivity (Wildman–Crippen MR) is 114 cm³/mol. The first kappa shape index (κ1) is 19.9. The molecule has 0 unspecified atom stereocenters. The van der Waals surface area contributed by atoms with Crippen molar-refractivity contribution in [3.05, 3.63) is 47.6 Å². The number of rotatable bonds is 4. The molecule has 1 aromatic carbocycles. The van der Waals surface area contributed by atoms with Gasteiger partial charge in [-0.15, -0.1) is 11.3 Å². The summed E-state index contributed by atoms with van der Waals surface area (Å²) in [5.41, 5.74) is 0.367. The number of piperidine rings is 1. The highest BCUT2D eigenvalue weighted by Crippen LogP contribution is 2.27. The summed E-state index contributed by atoms with van der Waals surface area (Å²) in [4.78, 5) is 21.9. The molecule has 3 heterocycles. The van der Waals surface area contributed by atoms with Gasteiger partial charge in [-0.25, -0.2) is 18.4 Å². The van der Waals surface area contributed by atoms with E-state index in [9.17, 15) is 13.2 Å². The summed E-state index contributed by atoms with van der Waals surface area (Å²) < 4.78 is 27.5. The van der Waals surface area contributed by atoms with Gasteiger partial charge in [-0.1, -0.05) is 13.8 Å². The van der Waals surface area contributed by atoms with Crippen LogP contribution in [0, 0.1) is 11.8 Å². The zero-order chi connectivity index (χ0) is 20.6. The van der Waals surface area contributed by atoms with Gasteiger partial charge in [0.05, 0.1) is 10.3 Å². The van der Waals surface area contributed by atoms with Crippen LogP contribution in [0.25, 0.3) is 10.2 Å². The van der Waals surface area contributed by atoms with Crippen molar-refractivity contribution < 1.29 is 13.2 Å². The van der Waals surface area contributed by atoms with Crippen molar-refractivity contribution in [1.82, 2.24) is 14.3 Å². The molecule has 1 aliphatic heterocycles. The lowest BCUT2D eigenvalue weighted by molar-refractivity contribution is 0.102. The lowest BCUT2D eigenvalue weighted by Gasteiger charge is -2.34. The molecule has 7 nitrogen and oxygen atoms in total. The van der Waals surface area contributed by atoms with E-state index in [0.717, 1.165) is 16.6 Å². The Kier molecular flexibility index (Phi) is 5.37. The van der Waals surface area contributed by atoms with Gasteiger partial charge in [0.25, 0.3) is 5.91 Å². The fraction of sp³-hybridized carbons (Fsp3) is 0.350. The molecule has 0 spiro atoms. The van der Waals surface area contributed by atoms with E-state index < -0.39 is 10.0 Å². The summed E-state index contributed by atoms with van der Waals surface area (Å²) in [5, 5.41) is 5.44. The maximum atomic E-state index is 13.0. The van der Waals surface area contributed by atoms with Gasteiger partial charge in [0.1, 0.15) is 17.0 Å². The summed E-state index contributed by atoms with van der Waals surface area (Å²) in [6.07, 6.45) is 2.44. The summed E-state index contributed by atoms with van der Waals surface area (Å²) in [5.74, 6) is 0.760. The highest BCUT2D eigenvalue weighted by molar-refractivity contribution is 7.89. The maximum absolute atomic E-state index is 13.0. The van der Waals surface area contributed by atoms with E-state index in [1.54, 1.807) is 4.31 Å². The number of aromatic nitrogens is 2. The van der Waals surface area contributed by atoms with Crippen LogP contribution in [0.5, 0.6) is 0 Å². The van der Waals surface area contributed by atoms with E-state index in [1.165, 1.54) is 41.9 Å². The number of thiophene rings is 1. The average Bonchev–Trinajstić information content (AvgIpc) is 3.17. The van der Waals surface area contributed by atoms with Crippen LogP contribution in [0.2, 0.25) is 0 Å². The zero-order valence-corrected chi connectivity index (χ0v) is 17.8. The molecule has 1 aliphatic rings. The predicted octanol–water partition coefficient (Wildman–Crippen LogP) is 3.61. The minimum atomic E-state index is -3.57. The number of benzene rings is 1. The van der Waals surface area contributed by atoms with E-state index in [-0.39, 0.29) is 10.8 Å².